The first-order valence-corrected chi connectivity index (χ1v) is 5.36. The lowest BCUT2D eigenvalue weighted by Gasteiger charge is -2.16. The summed E-state index contributed by atoms with van der Waals surface area (Å²) in [5.74, 6) is 6.14. The van der Waals surface area contributed by atoms with Crippen LogP contribution in [0.2, 0.25) is 0 Å². The molecule has 1 nitrogen and oxygen atoms in total. The van der Waals surface area contributed by atoms with Gasteiger partial charge in [-0.05, 0) is 24.4 Å². The van der Waals surface area contributed by atoms with Crippen molar-refractivity contribution in [3.63, 3.8) is 0 Å². The lowest BCUT2D eigenvalue weighted by molar-refractivity contribution is 1.14. The molecule has 0 aliphatic heterocycles. The molecule has 0 atom stereocenters. The molecule has 80 valence electrons. The summed E-state index contributed by atoms with van der Waals surface area (Å²) in [4.78, 5) is 2.13. The van der Waals surface area contributed by atoms with Gasteiger partial charge in [0.25, 0.3) is 0 Å². The standard InChI is InChI=1S/C15H15N/c1-4-7-12-8-5-9-13-10-6-11-14(15(12)13)16(2)3/h5-6,8-11H,1-3H3. The van der Waals surface area contributed by atoms with Gasteiger partial charge in [0.05, 0.1) is 0 Å². The van der Waals surface area contributed by atoms with Gasteiger partial charge in [-0.1, -0.05) is 30.2 Å². The van der Waals surface area contributed by atoms with E-state index in [4.69, 9.17) is 0 Å². The molecule has 0 aromatic heterocycles. The fourth-order valence-corrected chi connectivity index (χ4v) is 1.93. The second kappa shape index (κ2) is 4.28. The molecule has 0 aliphatic rings. The van der Waals surface area contributed by atoms with Gasteiger partial charge in [0.2, 0.25) is 0 Å². The van der Waals surface area contributed by atoms with Crippen LogP contribution < -0.4 is 4.90 Å². The summed E-state index contributed by atoms with van der Waals surface area (Å²) in [6.07, 6.45) is 0. The monoisotopic (exact) mass is 209 g/mol. The summed E-state index contributed by atoms with van der Waals surface area (Å²) in [6.45, 7) is 1.87. The second-order valence-electron chi connectivity index (χ2n) is 3.95. The van der Waals surface area contributed by atoms with Crippen LogP contribution in [0.25, 0.3) is 10.8 Å². The first-order chi connectivity index (χ1) is 7.74. The van der Waals surface area contributed by atoms with E-state index in [1.807, 2.05) is 6.92 Å². The number of nitrogens with zero attached hydrogens (tertiary/aromatic N) is 1. The molecule has 2 aromatic carbocycles. The van der Waals surface area contributed by atoms with Crippen LogP contribution in [-0.2, 0) is 0 Å². The van der Waals surface area contributed by atoms with Crippen molar-refractivity contribution < 1.29 is 0 Å². The molecular weight excluding hydrogens is 194 g/mol. The third kappa shape index (κ3) is 1.75. The van der Waals surface area contributed by atoms with Crippen LogP contribution in [0.1, 0.15) is 12.5 Å². The predicted octanol–water partition coefficient (Wildman–Crippen LogP) is 3.28. The van der Waals surface area contributed by atoms with E-state index >= 15 is 0 Å². The number of rotatable bonds is 1. The summed E-state index contributed by atoms with van der Waals surface area (Å²) in [5.41, 5.74) is 2.32. The van der Waals surface area contributed by atoms with Gasteiger partial charge < -0.3 is 4.90 Å². The Hall–Kier alpha value is -1.94. The average molecular weight is 209 g/mol. The predicted molar refractivity (Wildman–Crippen MR) is 70.8 cm³/mol. The summed E-state index contributed by atoms with van der Waals surface area (Å²) in [7, 11) is 4.12. The van der Waals surface area contributed by atoms with E-state index in [2.05, 4.69) is 67.2 Å². The van der Waals surface area contributed by atoms with Crippen LogP contribution >= 0.6 is 0 Å². The SMILES string of the molecule is CC#Cc1cccc2cccc(N(C)C)c12. The van der Waals surface area contributed by atoms with E-state index < -0.39 is 0 Å². The van der Waals surface area contributed by atoms with Gasteiger partial charge in [0, 0.05) is 30.7 Å². The van der Waals surface area contributed by atoms with E-state index in [0.29, 0.717) is 0 Å². The van der Waals surface area contributed by atoms with Crippen LogP contribution in [0.5, 0.6) is 0 Å². The Morgan fingerprint density at radius 3 is 2.31 bits per heavy atom. The molecule has 0 saturated carbocycles. The lowest BCUT2D eigenvalue weighted by atomic mass is 10.0. The quantitative estimate of drug-likeness (QED) is 0.651. The Bertz CT molecular complexity index is 565. The van der Waals surface area contributed by atoms with Gasteiger partial charge >= 0.3 is 0 Å². The molecule has 0 N–H and O–H groups in total. The van der Waals surface area contributed by atoms with Crippen molar-refractivity contribution in [2.24, 2.45) is 0 Å². The highest BCUT2D eigenvalue weighted by molar-refractivity contribution is 5.98. The Morgan fingerprint density at radius 2 is 1.69 bits per heavy atom. The van der Waals surface area contributed by atoms with Gasteiger partial charge in [-0.3, -0.25) is 0 Å². The fraction of sp³-hybridized carbons (Fsp3) is 0.200. The molecule has 2 aromatic rings. The smallest absolute Gasteiger partial charge is 0.0453 e. The van der Waals surface area contributed by atoms with E-state index in [1.54, 1.807) is 0 Å². The highest BCUT2D eigenvalue weighted by Gasteiger charge is 2.05. The van der Waals surface area contributed by atoms with Gasteiger partial charge in [-0.2, -0.15) is 0 Å². The van der Waals surface area contributed by atoms with Gasteiger partial charge in [0.1, 0.15) is 0 Å². The van der Waals surface area contributed by atoms with Crippen molar-refractivity contribution in [1.29, 1.82) is 0 Å². The van der Waals surface area contributed by atoms with Gasteiger partial charge in [-0.25, -0.2) is 0 Å². The third-order valence-corrected chi connectivity index (χ3v) is 2.62. The molecule has 0 bridgehead atoms. The molecule has 0 amide bonds. The Balaban J connectivity index is 2.85. The first kappa shape index (κ1) is 10.6. The zero-order chi connectivity index (χ0) is 11.5. The van der Waals surface area contributed by atoms with E-state index in [-0.39, 0.29) is 0 Å². The minimum Gasteiger partial charge on any atom is -0.377 e. The van der Waals surface area contributed by atoms with Crippen molar-refractivity contribution in [3.05, 3.63) is 42.0 Å². The topological polar surface area (TPSA) is 3.24 Å². The number of hydrogen-bond donors (Lipinski definition) is 0. The second-order valence-corrected chi connectivity index (χ2v) is 3.95. The highest BCUT2D eigenvalue weighted by atomic mass is 15.1. The fourth-order valence-electron chi connectivity index (χ4n) is 1.93. The van der Waals surface area contributed by atoms with Crippen LogP contribution in [-0.4, -0.2) is 14.1 Å². The first-order valence-electron chi connectivity index (χ1n) is 5.36. The van der Waals surface area contributed by atoms with Crippen molar-refractivity contribution >= 4 is 16.5 Å². The van der Waals surface area contributed by atoms with E-state index in [1.165, 1.54) is 16.5 Å². The maximum Gasteiger partial charge on any atom is 0.0453 e. The Kier molecular flexibility index (Phi) is 2.83. The minimum absolute atomic E-state index is 1.10. The maximum absolute atomic E-state index is 3.17. The van der Waals surface area contributed by atoms with E-state index in [9.17, 15) is 0 Å². The highest BCUT2D eigenvalue weighted by Crippen LogP contribution is 2.28. The number of anilines is 1. The lowest BCUT2D eigenvalue weighted by Crippen LogP contribution is -2.09. The van der Waals surface area contributed by atoms with Crippen molar-refractivity contribution in [3.8, 4) is 11.8 Å². The van der Waals surface area contributed by atoms with Gasteiger partial charge in [-0.15, -0.1) is 5.92 Å². The van der Waals surface area contributed by atoms with Gasteiger partial charge in [0.15, 0.2) is 0 Å². The number of fused-ring (bicyclic) bond motifs is 1. The molecular formula is C15H15N. The molecule has 1 heteroatoms. The zero-order valence-electron chi connectivity index (χ0n) is 9.91. The van der Waals surface area contributed by atoms with E-state index in [0.717, 1.165) is 5.56 Å². The largest absolute Gasteiger partial charge is 0.377 e. The summed E-state index contributed by atoms with van der Waals surface area (Å²) in [5, 5.41) is 2.48. The minimum atomic E-state index is 1.10. The van der Waals surface area contributed by atoms with Crippen LogP contribution in [0.4, 0.5) is 5.69 Å². The number of benzene rings is 2. The summed E-state index contributed by atoms with van der Waals surface area (Å²) < 4.78 is 0. The molecule has 0 fully saturated rings. The third-order valence-electron chi connectivity index (χ3n) is 2.62. The molecule has 2 rings (SSSR count). The molecule has 16 heavy (non-hydrogen) atoms. The number of hydrogen-bond acceptors (Lipinski definition) is 1. The zero-order valence-corrected chi connectivity index (χ0v) is 9.91. The molecule has 0 heterocycles. The molecule has 0 radical (unpaired) electrons. The molecule has 0 unspecified atom stereocenters. The average Bonchev–Trinajstić information content (AvgIpc) is 2.29. The van der Waals surface area contributed by atoms with Crippen molar-refractivity contribution in [2.75, 3.05) is 19.0 Å². The molecule has 0 spiro atoms. The van der Waals surface area contributed by atoms with Crippen LogP contribution in [0, 0.1) is 11.8 Å². The van der Waals surface area contributed by atoms with Crippen molar-refractivity contribution in [2.45, 2.75) is 6.92 Å². The summed E-state index contributed by atoms with van der Waals surface area (Å²) in [6, 6.07) is 12.6. The maximum atomic E-state index is 3.17. The Morgan fingerprint density at radius 1 is 1.00 bits per heavy atom. The van der Waals surface area contributed by atoms with Crippen LogP contribution in [0.3, 0.4) is 0 Å². The van der Waals surface area contributed by atoms with Crippen LogP contribution in [0.15, 0.2) is 36.4 Å². The molecule has 0 saturated heterocycles. The normalized spacial score (nSPS) is 9.69. The Labute approximate surface area is 96.7 Å². The summed E-state index contributed by atoms with van der Waals surface area (Å²) >= 11 is 0. The molecule has 0 aliphatic carbocycles. The van der Waals surface area contributed by atoms with Crippen molar-refractivity contribution in [1.82, 2.24) is 0 Å².